The van der Waals surface area contributed by atoms with Gasteiger partial charge in [-0.2, -0.15) is 4.98 Å². The highest BCUT2D eigenvalue weighted by Crippen LogP contribution is 2.28. The standard InChI is InChI=1S/C16H21N3O/c1-6-17-16-18-12(4)9-15(19-16)20-14-8-10(2)7-11(3)13(14)5/h7-9H,6H2,1-5H3,(H,17,18,19). The first-order valence-electron chi connectivity index (χ1n) is 6.85. The molecule has 0 saturated carbocycles. The molecule has 0 fully saturated rings. The average molecular weight is 271 g/mol. The van der Waals surface area contributed by atoms with E-state index in [2.05, 4.69) is 42.1 Å². The lowest BCUT2D eigenvalue weighted by Gasteiger charge is -2.12. The average Bonchev–Trinajstić information content (AvgIpc) is 2.35. The van der Waals surface area contributed by atoms with Gasteiger partial charge in [-0.05, 0) is 57.4 Å². The van der Waals surface area contributed by atoms with Crippen LogP contribution >= 0.6 is 0 Å². The number of ether oxygens (including phenoxy) is 1. The maximum Gasteiger partial charge on any atom is 0.226 e. The Morgan fingerprint density at radius 1 is 1.05 bits per heavy atom. The summed E-state index contributed by atoms with van der Waals surface area (Å²) in [5.74, 6) is 2.02. The second-order valence-corrected chi connectivity index (χ2v) is 5.01. The van der Waals surface area contributed by atoms with Crippen LogP contribution in [0, 0.1) is 27.7 Å². The van der Waals surface area contributed by atoms with Crippen LogP contribution in [0.5, 0.6) is 11.6 Å². The summed E-state index contributed by atoms with van der Waals surface area (Å²) < 4.78 is 5.95. The molecule has 2 rings (SSSR count). The Bertz CT molecular complexity index is 623. The van der Waals surface area contributed by atoms with Crippen LogP contribution < -0.4 is 10.1 Å². The number of nitrogens with one attached hydrogen (secondary N) is 1. The molecule has 0 unspecified atom stereocenters. The normalized spacial score (nSPS) is 10.4. The van der Waals surface area contributed by atoms with E-state index in [4.69, 9.17) is 4.74 Å². The van der Waals surface area contributed by atoms with Crippen LogP contribution in [0.25, 0.3) is 0 Å². The number of hydrogen-bond donors (Lipinski definition) is 1. The Labute approximate surface area is 120 Å². The van der Waals surface area contributed by atoms with Gasteiger partial charge < -0.3 is 10.1 Å². The number of anilines is 1. The lowest BCUT2D eigenvalue weighted by molar-refractivity contribution is 0.457. The lowest BCUT2D eigenvalue weighted by atomic mass is 10.1. The van der Waals surface area contributed by atoms with E-state index < -0.39 is 0 Å². The largest absolute Gasteiger partial charge is 0.439 e. The molecule has 1 N–H and O–H groups in total. The number of benzene rings is 1. The fourth-order valence-corrected chi connectivity index (χ4v) is 2.05. The quantitative estimate of drug-likeness (QED) is 0.915. The Kier molecular flexibility index (Phi) is 4.23. The van der Waals surface area contributed by atoms with Gasteiger partial charge in [-0.3, -0.25) is 0 Å². The van der Waals surface area contributed by atoms with Crippen LogP contribution in [-0.4, -0.2) is 16.5 Å². The molecule has 0 radical (unpaired) electrons. The maximum absolute atomic E-state index is 5.95. The van der Waals surface area contributed by atoms with E-state index in [-0.39, 0.29) is 0 Å². The minimum Gasteiger partial charge on any atom is -0.439 e. The van der Waals surface area contributed by atoms with E-state index in [1.165, 1.54) is 11.1 Å². The third kappa shape index (κ3) is 3.26. The van der Waals surface area contributed by atoms with Crippen molar-refractivity contribution in [3.05, 3.63) is 40.6 Å². The molecule has 0 spiro atoms. The zero-order valence-corrected chi connectivity index (χ0v) is 12.7. The Morgan fingerprint density at radius 3 is 2.50 bits per heavy atom. The summed E-state index contributed by atoms with van der Waals surface area (Å²) in [5, 5.41) is 3.11. The Balaban J connectivity index is 2.34. The first-order chi connectivity index (χ1) is 9.49. The summed E-state index contributed by atoms with van der Waals surface area (Å²) in [6.45, 7) is 10.9. The molecule has 0 aliphatic carbocycles. The summed E-state index contributed by atoms with van der Waals surface area (Å²) in [6, 6.07) is 6.03. The van der Waals surface area contributed by atoms with Crippen LogP contribution in [0.3, 0.4) is 0 Å². The zero-order chi connectivity index (χ0) is 14.7. The molecule has 2 aromatic rings. The monoisotopic (exact) mass is 271 g/mol. The first-order valence-corrected chi connectivity index (χ1v) is 6.85. The van der Waals surface area contributed by atoms with Crippen LogP contribution in [0.1, 0.15) is 29.3 Å². The summed E-state index contributed by atoms with van der Waals surface area (Å²) >= 11 is 0. The van der Waals surface area contributed by atoms with Crippen molar-refractivity contribution in [1.29, 1.82) is 0 Å². The van der Waals surface area contributed by atoms with Crippen molar-refractivity contribution in [3.8, 4) is 11.6 Å². The van der Waals surface area contributed by atoms with Crippen molar-refractivity contribution in [1.82, 2.24) is 9.97 Å². The minimum atomic E-state index is 0.571. The summed E-state index contributed by atoms with van der Waals surface area (Å²) in [4.78, 5) is 8.70. The molecule has 1 aromatic carbocycles. The van der Waals surface area contributed by atoms with Gasteiger partial charge in [0.1, 0.15) is 5.75 Å². The molecule has 4 heteroatoms. The molecule has 0 aliphatic rings. The summed E-state index contributed by atoms with van der Waals surface area (Å²) in [7, 11) is 0. The van der Waals surface area contributed by atoms with Gasteiger partial charge in [-0.15, -0.1) is 0 Å². The highest BCUT2D eigenvalue weighted by atomic mass is 16.5. The van der Waals surface area contributed by atoms with Gasteiger partial charge in [0, 0.05) is 18.3 Å². The van der Waals surface area contributed by atoms with E-state index in [1.54, 1.807) is 0 Å². The van der Waals surface area contributed by atoms with E-state index in [1.807, 2.05) is 26.0 Å². The molecule has 0 atom stereocenters. The molecule has 1 heterocycles. The Morgan fingerprint density at radius 2 is 1.80 bits per heavy atom. The van der Waals surface area contributed by atoms with Crippen molar-refractivity contribution in [2.24, 2.45) is 0 Å². The molecule has 4 nitrogen and oxygen atoms in total. The van der Waals surface area contributed by atoms with Gasteiger partial charge in [0.2, 0.25) is 11.8 Å². The predicted molar refractivity (Wildman–Crippen MR) is 81.7 cm³/mol. The van der Waals surface area contributed by atoms with Crippen molar-refractivity contribution in [2.75, 3.05) is 11.9 Å². The second-order valence-electron chi connectivity index (χ2n) is 5.01. The fraction of sp³-hybridized carbons (Fsp3) is 0.375. The smallest absolute Gasteiger partial charge is 0.226 e. The predicted octanol–water partition coefficient (Wildman–Crippen LogP) is 3.93. The highest BCUT2D eigenvalue weighted by Gasteiger charge is 2.08. The minimum absolute atomic E-state index is 0.571. The van der Waals surface area contributed by atoms with Crippen LogP contribution in [0.2, 0.25) is 0 Å². The molecule has 0 amide bonds. The van der Waals surface area contributed by atoms with Crippen LogP contribution in [0.4, 0.5) is 5.95 Å². The third-order valence-corrected chi connectivity index (χ3v) is 3.14. The van der Waals surface area contributed by atoms with Crippen molar-refractivity contribution >= 4 is 5.95 Å². The first kappa shape index (κ1) is 14.3. The molecule has 0 bridgehead atoms. The van der Waals surface area contributed by atoms with Gasteiger partial charge in [-0.25, -0.2) is 4.98 Å². The van der Waals surface area contributed by atoms with Gasteiger partial charge in [-0.1, -0.05) is 6.07 Å². The van der Waals surface area contributed by atoms with E-state index in [9.17, 15) is 0 Å². The van der Waals surface area contributed by atoms with E-state index in [0.29, 0.717) is 11.8 Å². The lowest BCUT2D eigenvalue weighted by Crippen LogP contribution is -2.04. The van der Waals surface area contributed by atoms with E-state index in [0.717, 1.165) is 23.6 Å². The molecule has 1 aromatic heterocycles. The fourth-order valence-electron chi connectivity index (χ4n) is 2.05. The number of aryl methyl sites for hydroxylation is 3. The number of hydrogen-bond acceptors (Lipinski definition) is 4. The topological polar surface area (TPSA) is 47.0 Å². The summed E-state index contributed by atoms with van der Waals surface area (Å²) in [5.41, 5.74) is 4.42. The van der Waals surface area contributed by atoms with Gasteiger partial charge in [0.05, 0.1) is 0 Å². The SMILES string of the molecule is CCNc1nc(C)cc(Oc2cc(C)cc(C)c2C)n1. The molecule has 20 heavy (non-hydrogen) atoms. The van der Waals surface area contributed by atoms with Gasteiger partial charge in [0.25, 0.3) is 0 Å². The van der Waals surface area contributed by atoms with E-state index >= 15 is 0 Å². The van der Waals surface area contributed by atoms with Gasteiger partial charge >= 0.3 is 0 Å². The van der Waals surface area contributed by atoms with Crippen molar-refractivity contribution in [3.63, 3.8) is 0 Å². The molecule has 106 valence electrons. The maximum atomic E-state index is 5.95. The van der Waals surface area contributed by atoms with Gasteiger partial charge in [0.15, 0.2) is 0 Å². The number of nitrogens with zero attached hydrogens (tertiary/aromatic N) is 2. The Hall–Kier alpha value is -2.10. The third-order valence-electron chi connectivity index (χ3n) is 3.14. The van der Waals surface area contributed by atoms with Crippen molar-refractivity contribution < 1.29 is 4.74 Å². The second kappa shape index (κ2) is 5.90. The molecule has 0 aliphatic heterocycles. The molecular weight excluding hydrogens is 250 g/mol. The summed E-state index contributed by atoms with van der Waals surface area (Å²) in [6.07, 6.45) is 0. The van der Waals surface area contributed by atoms with Crippen LogP contribution in [-0.2, 0) is 0 Å². The number of aromatic nitrogens is 2. The zero-order valence-electron chi connectivity index (χ0n) is 12.7. The van der Waals surface area contributed by atoms with Crippen LogP contribution in [0.15, 0.2) is 18.2 Å². The highest BCUT2D eigenvalue weighted by molar-refractivity contribution is 5.44. The number of rotatable bonds is 4. The van der Waals surface area contributed by atoms with Crippen molar-refractivity contribution in [2.45, 2.75) is 34.6 Å². The molecule has 0 saturated heterocycles. The molecular formula is C16H21N3O.